The Morgan fingerprint density at radius 1 is 0.564 bits per heavy atom. The molecule has 0 amide bonds. The van der Waals surface area contributed by atoms with Crippen LogP contribution in [0.15, 0.2) is 0 Å². The first kappa shape index (κ1) is 36.3. The molecule has 39 heavy (non-hydrogen) atoms. The first-order chi connectivity index (χ1) is 18.9. The lowest BCUT2D eigenvalue weighted by atomic mass is 9.74. The van der Waals surface area contributed by atoms with Gasteiger partial charge in [0.05, 0.1) is 5.41 Å². The molecule has 1 aliphatic heterocycles. The van der Waals surface area contributed by atoms with Gasteiger partial charge in [-0.05, 0) is 43.7 Å². The van der Waals surface area contributed by atoms with Crippen LogP contribution in [0.25, 0.3) is 0 Å². The molecular weight excluding hydrogens is 508 g/mol. The molecule has 0 aliphatic carbocycles. The van der Waals surface area contributed by atoms with E-state index in [0.717, 1.165) is 57.8 Å². The predicted molar refractivity (Wildman–Crippen MR) is 165 cm³/mol. The summed E-state index contributed by atoms with van der Waals surface area (Å²) in [6, 6.07) is 0. The summed E-state index contributed by atoms with van der Waals surface area (Å²) in [6.07, 6.45) is 28.7. The van der Waals surface area contributed by atoms with Gasteiger partial charge >= 0.3 is 17.2 Å². The Balaban J connectivity index is 2.76. The first-order valence-electron chi connectivity index (χ1n) is 17.1. The summed E-state index contributed by atoms with van der Waals surface area (Å²) in [5.41, 5.74) is -0.553. The molecule has 0 radical (unpaired) electrons. The van der Waals surface area contributed by atoms with E-state index in [-0.39, 0.29) is 11.9 Å². The zero-order chi connectivity index (χ0) is 28.7. The fourth-order valence-electron chi connectivity index (χ4n) is 5.98. The normalized spacial score (nSPS) is 19.7. The number of unbranched alkanes of at least 4 members (excludes halogenated alkanes) is 18. The number of halogens is 1. The molecule has 0 saturated carbocycles. The minimum atomic E-state index is -1.66. The Morgan fingerprint density at radius 3 is 1.38 bits per heavy atom. The average Bonchev–Trinajstić information content (AvgIpc) is 2.94. The Hall–Kier alpha value is -0.770. The number of ether oxygens (including phenoxy) is 2. The summed E-state index contributed by atoms with van der Waals surface area (Å²) >= 11 is 6.79. The van der Waals surface area contributed by atoms with E-state index in [4.69, 9.17) is 21.1 Å². The van der Waals surface area contributed by atoms with Crippen molar-refractivity contribution in [2.75, 3.05) is 0 Å². The zero-order valence-corrected chi connectivity index (χ0v) is 26.9. The van der Waals surface area contributed by atoms with Crippen LogP contribution in [0, 0.1) is 5.41 Å². The molecule has 0 aromatic rings. The molecule has 1 rings (SSSR count). The van der Waals surface area contributed by atoms with E-state index in [2.05, 4.69) is 20.8 Å². The van der Waals surface area contributed by atoms with Crippen LogP contribution in [0.3, 0.4) is 0 Å². The molecule has 1 unspecified atom stereocenters. The van der Waals surface area contributed by atoms with Gasteiger partial charge in [-0.25, -0.2) is 0 Å². The molecule has 5 heteroatoms. The summed E-state index contributed by atoms with van der Waals surface area (Å²) in [5, 5.41) is -1.66. The number of carbonyl (C=O) groups excluding carboxylic acids is 2. The van der Waals surface area contributed by atoms with E-state index in [1.54, 1.807) is 0 Å². The molecule has 1 saturated heterocycles. The quantitative estimate of drug-likeness (QED) is 0.0657. The smallest absolute Gasteiger partial charge is 0.337 e. The van der Waals surface area contributed by atoms with Crippen LogP contribution >= 0.6 is 11.6 Å². The Labute approximate surface area is 247 Å². The molecule has 1 aliphatic rings. The van der Waals surface area contributed by atoms with Crippen molar-refractivity contribution in [3.05, 3.63) is 0 Å². The topological polar surface area (TPSA) is 52.6 Å². The lowest BCUT2D eigenvalue weighted by Gasteiger charge is -2.34. The lowest BCUT2D eigenvalue weighted by molar-refractivity contribution is -0.208. The van der Waals surface area contributed by atoms with Crippen LogP contribution in [0.5, 0.6) is 0 Å². The van der Waals surface area contributed by atoms with E-state index in [1.165, 1.54) is 89.9 Å². The molecule has 230 valence electrons. The van der Waals surface area contributed by atoms with E-state index in [9.17, 15) is 9.59 Å². The molecule has 0 bridgehead atoms. The van der Waals surface area contributed by atoms with Crippen LogP contribution in [-0.2, 0) is 19.1 Å². The Morgan fingerprint density at radius 2 is 0.949 bits per heavy atom. The number of carbonyl (C=O) groups is 2. The Kier molecular flexibility index (Phi) is 21.3. The molecule has 1 atom stereocenters. The predicted octanol–water partition coefficient (Wildman–Crippen LogP) is 11.6. The third kappa shape index (κ3) is 16.9. The summed E-state index contributed by atoms with van der Waals surface area (Å²) in [6.45, 7) is 6.71. The van der Waals surface area contributed by atoms with Crippen molar-refractivity contribution in [1.29, 1.82) is 0 Å². The van der Waals surface area contributed by atoms with Gasteiger partial charge < -0.3 is 9.47 Å². The fourth-order valence-corrected chi connectivity index (χ4v) is 6.27. The number of rotatable bonds is 24. The van der Waals surface area contributed by atoms with E-state index < -0.39 is 10.7 Å². The van der Waals surface area contributed by atoms with Gasteiger partial charge in [0, 0.05) is 12.8 Å². The van der Waals surface area contributed by atoms with Crippen LogP contribution in [0.2, 0.25) is 0 Å². The van der Waals surface area contributed by atoms with Crippen molar-refractivity contribution in [2.45, 2.75) is 199 Å². The van der Waals surface area contributed by atoms with Crippen molar-refractivity contribution in [1.82, 2.24) is 0 Å². The SMILES string of the molecule is CCCCCCCCCCCC1(Cl)OC(=O)CCCC(CCCCCCCC)(CCCCCCCC)C(=O)O1. The van der Waals surface area contributed by atoms with Crippen LogP contribution in [-0.4, -0.2) is 17.2 Å². The van der Waals surface area contributed by atoms with Crippen molar-refractivity contribution < 1.29 is 19.1 Å². The second kappa shape index (κ2) is 22.9. The molecule has 1 fully saturated rings. The van der Waals surface area contributed by atoms with Gasteiger partial charge in [0.1, 0.15) is 0 Å². The first-order valence-corrected chi connectivity index (χ1v) is 17.4. The van der Waals surface area contributed by atoms with E-state index >= 15 is 0 Å². The minimum absolute atomic E-state index is 0.231. The highest BCUT2D eigenvalue weighted by Crippen LogP contribution is 2.42. The van der Waals surface area contributed by atoms with Gasteiger partial charge in [0.25, 0.3) is 0 Å². The third-order valence-electron chi connectivity index (χ3n) is 8.58. The summed E-state index contributed by atoms with van der Waals surface area (Å²) in [5.74, 6) is -0.575. The maximum absolute atomic E-state index is 13.9. The molecule has 0 spiro atoms. The van der Waals surface area contributed by atoms with Crippen molar-refractivity contribution in [3.8, 4) is 0 Å². The van der Waals surface area contributed by atoms with E-state index in [1.807, 2.05) is 0 Å². The average molecular weight is 571 g/mol. The minimum Gasteiger partial charge on any atom is -0.408 e. The molecule has 0 aromatic heterocycles. The van der Waals surface area contributed by atoms with Crippen LogP contribution < -0.4 is 0 Å². The molecule has 1 heterocycles. The molecule has 4 nitrogen and oxygen atoms in total. The highest BCUT2D eigenvalue weighted by atomic mass is 35.5. The molecule has 0 aromatic carbocycles. The van der Waals surface area contributed by atoms with Crippen LogP contribution in [0.1, 0.15) is 194 Å². The van der Waals surface area contributed by atoms with Gasteiger partial charge in [-0.15, -0.1) is 0 Å². The lowest BCUT2D eigenvalue weighted by Crippen LogP contribution is -2.40. The number of alkyl halides is 1. The number of cyclic esters (lactones) is 2. The molecule has 0 N–H and O–H groups in total. The second-order valence-electron chi connectivity index (χ2n) is 12.3. The van der Waals surface area contributed by atoms with Crippen LogP contribution in [0.4, 0.5) is 0 Å². The van der Waals surface area contributed by atoms with Gasteiger partial charge in [0.15, 0.2) is 0 Å². The largest absolute Gasteiger partial charge is 0.408 e. The second-order valence-corrected chi connectivity index (χ2v) is 12.8. The van der Waals surface area contributed by atoms with Gasteiger partial charge in [-0.1, -0.05) is 149 Å². The molecular formula is C34H63ClO4. The van der Waals surface area contributed by atoms with Gasteiger partial charge in [-0.3, -0.25) is 9.59 Å². The Bertz CT molecular complexity index is 606. The maximum Gasteiger partial charge on any atom is 0.337 e. The monoisotopic (exact) mass is 570 g/mol. The summed E-state index contributed by atoms with van der Waals surface area (Å²) in [4.78, 5) is 26.5. The van der Waals surface area contributed by atoms with E-state index in [0.29, 0.717) is 25.7 Å². The zero-order valence-electron chi connectivity index (χ0n) is 26.1. The standard InChI is InChI=1S/C34H63ClO4/c1-4-7-10-13-16-17-18-21-24-30-34(35)38-31(36)26-25-29-33(32(37)39-34,27-22-19-14-11-8-5-2)28-23-20-15-12-9-6-3/h4-30H2,1-3H3. The highest BCUT2D eigenvalue weighted by molar-refractivity contribution is 6.23. The van der Waals surface area contributed by atoms with Gasteiger partial charge in [-0.2, -0.15) is 0 Å². The summed E-state index contributed by atoms with van der Waals surface area (Å²) in [7, 11) is 0. The summed E-state index contributed by atoms with van der Waals surface area (Å²) < 4.78 is 11.6. The van der Waals surface area contributed by atoms with Gasteiger partial charge in [0.2, 0.25) is 0 Å². The number of hydrogen-bond acceptors (Lipinski definition) is 4. The van der Waals surface area contributed by atoms with Crippen molar-refractivity contribution in [3.63, 3.8) is 0 Å². The van der Waals surface area contributed by atoms with Crippen molar-refractivity contribution >= 4 is 23.5 Å². The maximum atomic E-state index is 13.9. The highest BCUT2D eigenvalue weighted by Gasteiger charge is 2.46. The number of esters is 2. The third-order valence-corrected chi connectivity index (χ3v) is 8.92. The number of hydrogen-bond donors (Lipinski definition) is 0. The fraction of sp³-hybridized carbons (Fsp3) is 0.941. The van der Waals surface area contributed by atoms with Crippen molar-refractivity contribution in [2.24, 2.45) is 5.41 Å².